The molecule has 0 aliphatic rings. The maximum absolute atomic E-state index is 11.2. The van der Waals surface area contributed by atoms with Crippen LogP contribution in [0.1, 0.15) is 48.4 Å². The van der Waals surface area contributed by atoms with Gasteiger partial charge in [0.2, 0.25) is 0 Å². The van der Waals surface area contributed by atoms with Crippen LogP contribution in [0.4, 0.5) is 0 Å². The first-order valence-electron chi connectivity index (χ1n) is 8.30. The molecule has 11 heteroatoms. The first-order chi connectivity index (χ1) is 12.3. The molecule has 2 N–H and O–H groups in total. The fourth-order valence-electron chi connectivity index (χ4n) is 1.53. The summed E-state index contributed by atoms with van der Waals surface area (Å²) in [4.78, 5) is 25.2. The van der Waals surface area contributed by atoms with Crippen LogP contribution in [0.3, 0.4) is 0 Å². The minimum Gasteiger partial charge on any atom is -0.367 e. The number of nitrogens with one attached hydrogen (secondary N) is 2. The number of thiol groups is 2. The van der Waals surface area contributed by atoms with E-state index in [0.717, 1.165) is 5.56 Å². The number of H-pyrrole nitrogens is 2. The van der Waals surface area contributed by atoms with Gasteiger partial charge in [0.25, 0.3) is 0 Å². The third-order valence-corrected chi connectivity index (χ3v) is 2.71. The molecule has 2 radical (unpaired) electrons. The Labute approximate surface area is 229 Å². The SMILES string of the molecule is CC(C)C(=O)c1cc[nH]c1.CC(C)C(=O)c1cn[nH]c1.C[B]S.C[B]S.[U].[U]. The summed E-state index contributed by atoms with van der Waals surface area (Å²) in [6.07, 6.45) is 6.64. The van der Waals surface area contributed by atoms with Crippen LogP contribution in [0.15, 0.2) is 30.9 Å². The van der Waals surface area contributed by atoms with Crippen LogP contribution < -0.4 is 0 Å². The van der Waals surface area contributed by atoms with Gasteiger partial charge in [0.05, 0.1) is 11.8 Å². The maximum atomic E-state index is 11.2. The molecule has 5 nitrogen and oxygen atoms in total. The summed E-state index contributed by atoms with van der Waals surface area (Å²) in [6, 6.07) is 1.79. The predicted molar refractivity (Wildman–Crippen MR) is 119 cm³/mol. The van der Waals surface area contributed by atoms with Crippen LogP contribution in [0, 0.1) is 74.1 Å². The van der Waals surface area contributed by atoms with Gasteiger partial charge < -0.3 is 4.98 Å². The van der Waals surface area contributed by atoms with E-state index in [0.29, 0.717) is 5.56 Å². The molecule has 0 bridgehead atoms. The Morgan fingerprint density at radius 3 is 1.64 bits per heavy atom. The maximum Gasteiger partial charge on any atom is 0.183 e. The van der Waals surface area contributed by atoms with Crippen LogP contribution in [-0.4, -0.2) is 39.9 Å². The van der Waals surface area contributed by atoms with Gasteiger partial charge in [-0.05, 0) is 6.07 Å². The Balaban J connectivity index is -0.000000153. The fraction of sp³-hybridized carbons (Fsp3) is 0.471. The molecule has 0 saturated heterocycles. The predicted octanol–water partition coefficient (Wildman–Crippen LogP) is 4.27. The van der Waals surface area contributed by atoms with Gasteiger partial charge in [-0.1, -0.05) is 41.3 Å². The van der Waals surface area contributed by atoms with E-state index in [4.69, 9.17) is 0 Å². The second-order valence-electron chi connectivity index (χ2n) is 5.64. The molecular formula is C17H29B2N3O2S2U2. The number of carbonyl (C=O) groups is 2. The second-order valence-corrected chi connectivity index (χ2v) is 6.67. The summed E-state index contributed by atoms with van der Waals surface area (Å²) in [5.41, 5.74) is 1.44. The molecule has 0 fully saturated rings. The van der Waals surface area contributed by atoms with Gasteiger partial charge in [0.1, 0.15) is 0 Å². The zero-order valence-electron chi connectivity index (χ0n) is 17.4. The summed E-state index contributed by atoms with van der Waals surface area (Å²) in [5, 5.41) is 6.27. The van der Waals surface area contributed by atoms with Gasteiger partial charge in [0.15, 0.2) is 24.7 Å². The average Bonchev–Trinajstić information content (AvgIpc) is 3.29. The van der Waals surface area contributed by atoms with E-state index in [1.165, 1.54) is 0 Å². The minimum absolute atomic E-state index is 0. The van der Waals surface area contributed by atoms with Crippen molar-refractivity contribution in [3.05, 3.63) is 42.0 Å². The van der Waals surface area contributed by atoms with Crippen LogP contribution >= 0.6 is 25.0 Å². The molecule has 0 unspecified atom stereocenters. The standard InChI is InChI=1S/C8H11NO.C7H10N2O.2CH4BS.2U/c1-6(2)8(10)7-3-4-9-5-7;1-5(2)7(10)6-3-8-9-4-6;2*1-2-3;;/h3-6,9H,1-2H3;3-5H,1-2H3,(H,8,9);2*3H,1H3;;. The van der Waals surface area contributed by atoms with E-state index in [9.17, 15) is 9.59 Å². The number of rotatable bonds is 4. The van der Waals surface area contributed by atoms with Gasteiger partial charge in [-0.2, -0.15) is 5.10 Å². The zero-order valence-corrected chi connectivity index (χ0v) is 27.5. The average molecular weight is 869 g/mol. The quantitative estimate of drug-likeness (QED) is 0.211. The van der Waals surface area contributed by atoms with Gasteiger partial charge in [0, 0.05) is 98.2 Å². The van der Waals surface area contributed by atoms with Crippen molar-refractivity contribution in [3.63, 3.8) is 0 Å². The van der Waals surface area contributed by atoms with Crippen molar-refractivity contribution < 1.29 is 71.8 Å². The van der Waals surface area contributed by atoms with Crippen LogP contribution in [0.25, 0.3) is 0 Å². The van der Waals surface area contributed by atoms with Crippen LogP contribution in [0.5, 0.6) is 0 Å². The van der Waals surface area contributed by atoms with Gasteiger partial charge in [-0.3, -0.25) is 14.7 Å². The molecule has 2 aromatic heterocycles. The summed E-state index contributed by atoms with van der Waals surface area (Å²) < 4.78 is 0. The molecular weight excluding hydrogens is 840 g/mol. The summed E-state index contributed by atoms with van der Waals surface area (Å²) in [7, 11) is 0. The van der Waals surface area contributed by atoms with E-state index >= 15 is 0 Å². The van der Waals surface area contributed by atoms with Gasteiger partial charge >= 0.3 is 0 Å². The van der Waals surface area contributed by atoms with Gasteiger partial charge in [-0.15, -0.1) is 0 Å². The number of ketones is 2. The van der Waals surface area contributed by atoms with Crippen molar-refractivity contribution in [2.45, 2.75) is 41.3 Å². The van der Waals surface area contributed by atoms with Gasteiger partial charge in [-0.25, -0.2) is 25.0 Å². The molecule has 2 heterocycles. The van der Waals surface area contributed by atoms with E-state index < -0.39 is 0 Å². The van der Waals surface area contributed by atoms with E-state index in [1.807, 2.05) is 41.3 Å². The largest absolute Gasteiger partial charge is 0.367 e. The van der Waals surface area contributed by atoms with Crippen molar-refractivity contribution in [1.82, 2.24) is 15.2 Å². The molecule has 2 rings (SSSR count). The third kappa shape index (κ3) is 18.8. The smallest absolute Gasteiger partial charge is 0.183 e. The van der Waals surface area contributed by atoms with Crippen molar-refractivity contribution >= 4 is 49.6 Å². The molecule has 0 amide bonds. The Morgan fingerprint density at radius 1 is 0.929 bits per heavy atom. The number of hydrogen-bond donors (Lipinski definition) is 4. The molecule has 0 aliphatic heterocycles. The molecule has 0 saturated carbocycles. The number of aromatic amines is 2. The number of carbonyl (C=O) groups excluding carboxylic acids is 2. The summed E-state index contributed by atoms with van der Waals surface area (Å²) in [5.74, 6) is 0.475. The number of Topliss-reactive ketones (excluding diaryl/α,β-unsaturated/α-hetero) is 2. The van der Waals surface area contributed by atoms with E-state index in [2.05, 4.69) is 40.1 Å². The fourth-order valence-corrected chi connectivity index (χ4v) is 1.53. The number of nitrogens with zero attached hydrogens (tertiary/aromatic N) is 1. The topological polar surface area (TPSA) is 78.6 Å². The number of aromatic nitrogens is 3. The molecule has 2 aromatic rings. The van der Waals surface area contributed by atoms with Crippen molar-refractivity contribution in [2.24, 2.45) is 11.8 Å². The van der Waals surface area contributed by atoms with Crippen molar-refractivity contribution in [3.8, 4) is 0 Å². The first-order valence-corrected chi connectivity index (χ1v) is 9.33. The molecule has 150 valence electrons. The third-order valence-electron chi connectivity index (χ3n) is 2.71. The van der Waals surface area contributed by atoms with E-state index in [-0.39, 0.29) is 85.6 Å². The first kappa shape index (κ1) is 36.2. The molecule has 0 aliphatic carbocycles. The monoisotopic (exact) mass is 869 g/mol. The summed E-state index contributed by atoms with van der Waals surface area (Å²) in [6.45, 7) is 14.7. The van der Waals surface area contributed by atoms with Crippen molar-refractivity contribution in [2.75, 3.05) is 0 Å². The molecule has 0 aromatic carbocycles. The molecule has 0 atom stereocenters. The Bertz CT molecular complexity index is 533. The second kappa shape index (κ2) is 24.0. The normalized spacial score (nSPS) is 8.36. The molecule has 0 spiro atoms. The Morgan fingerprint density at radius 2 is 1.36 bits per heavy atom. The van der Waals surface area contributed by atoms with Crippen LogP contribution in [-0.2, 0) is 0 Å². The van der Waals surface area contributed by atoms with E-state index in [1.54, 1.807) is 44.0 Å². The molecule has 28 heavy (non-hydrogen) atoms. The van der Waals surface area contributed by atoms with Crippen LogP contribution in [0.2, 0.25) is 13.6 Å². The Hall–Kier alpha value is 0.764. The number of hydrogen-bond acceptors (Lipinski definition) is 5. The minimum atomic E-state index is 0. The summed E-state index contributed by atoms with van der Waals surface area (Å²) >= 11 is 7.33. The Kier molecular flexibility index (Phi) is 31.0. The zero-order chi connectivity index (χ0) is 20.5. The van der Waals surface area contributed by atoms with Crippen molar-refractivity contribution in [1.29, 1.82) is 0 Å².